The number of fused-ring (bicyclic) bond motifs is 3. The van der Waals surface area contributed by atoms with Crippen molar-refractivity contribution in [2.24, 2.45) is 23.2 Å². The molecule has 2 bridgehead atoms. The molecule has 6 heteroatoms. The molecule has 2 atom stereocenters. The number of esters is 2. The number of hydrogen-bond acceptors (Lipinski definition) is 5. The lowest BCUT2D eigenvalue weighted by molar-refractivity contribution is -0.174. The van der Waals surface area contributed by atoms with Crippen molar-refractivity contribution in [3.05, 3.63) is 34.3 Å². The molecule has 3 aliphatic rings. The first-order valence-electron chi connectivity index (χ1n) is 10.1. The van der Waals surface area contributed by atoms with E-state index in [9.17, 15) is 14.4 Å². The third-order valence-electron chi connectivity index (χ3n) is 6.33. The van der Waals surface area contributed by atoms with E-state index in [4.69, 9.17) is 9.47 Å². The van der Waals surface area contributed by atoms with E-state index < -0.39 is 17.3 Å². The van der Waals surface area contributed by atoms with Crippen LogP contribution in [-0.4, -0.2) is 30.9 Å². The molecular formula is C22H27BrO5. The fraction of sp³-hybridized carbons (Fsp3) is 0.591. The molecule has 0 spiro atoms. The molecule has 3 fully saturated rings. The Morgan fingerprint density at radius 1 is 1.07 bits per heavy atom. The zero-order valence-electron chi connectivity index (χ0n) is 16.4. The maximum atomic E-state index is 13.4. The van der Waals surface area contributed by atoms with E-state index in [0.717, 1.165) is 17.3 Å². The van der Waals surface area contributed by atoms with E-state index in [1.54, 1.807) is 38.1 Å². The Balaban J connectivity index is 2.00. The Labute approximate surface area is 174 Å². The van der Waals surface area contributed by atoms with E-state index in [1.165, 1.54) is 0 Å². The first kappa shape index (κ1) is 21.0. The number of ketones is 1. The predicted molar refractivity (Wildman–Crippen MR) is 108 cm³/mol. The molecule has 3 saturated carbocycles. The maximum absolute atomic E-state index is 13.4. The Bertz CT molecular complexity index is 734. The minimum atomic E-state index is -0.978. The molecule has 5 nitrogen and oxygen atoms in total. The number of benzene rings is 1. The van der Waals surface area contributed by atoms with Gasteiger partial charge in [0.05, 0.1) is 18.6 Å². The highest BCUT2D eigenvalue weighted by Crippen LogP contribution is 2.57. The van der Waals surface area contributed by atoms with Crippen LogP contribution in [0.2, 0.25) is 0 Å². The molecule has 0 saturated heterocycles. The zero-order valence-corrected chi connectivity index (χ0v) is 18.0. The van der Waals surface area contributed by atoms with Gasteiger partial charge in [-0.3, -0.25) is 14.4 Å². The molecule has 4 rings (SSSR count). The van der Waals surface area contributed by atoms with Gasteiger partial charge in [0, 0.05) is 10.0 Å². The number of halogens is 1. The molecule has 0 N–H and O–H groups in total. The van der Waals surface area contributed by atoms with Crippen molar-refractivity contribution in [3.63, 3.8) is 0 Å². The van der Waals surface area contributed by atoms with E-state index >= 15 is 0 Å². The summed E-state index contributed by atoms with van der Waals surface area (Å²) in [4.78, 5) is 39.3. The quantitative estimate of drug-likeness (QED) is 0.345. The molecule has 28 heavy (non-hydrogen) atoms. The second-order valence-electron chi connectivity index (χ2n) is 7.76. The normalized spacial score (nSPS) is 27.1. The van der Waals surface area contributed by atoms with E-state index in [1.807, 2.05) is 0 Å². The standard InChI is InChI=1S/C22H27BrO5/c1-3-27-20(25)18(19(24)15-5-7-16(23)8-6-15)17-13-14-9-11-22(17,12-10-14)21(26)28-4-2/h5-8,14,17-18H,3-4,9-13H2,1-2H3. The Morgan fingerprint density at radius 3 is 2.25 bits per heavy atom. The summed E-state index contributed by atoms with van der Waals surface area (Å²) >= 11 is 3.37. The lowest BCUT2D eigenvalue weighted by Crippen LogP contribution is -2.54. The van der Waals surface area contributed by atoms with Crippen LogP contribution in [0.5, 0.6) is 0 Å². The van der Waals surface area contributed by atoms with Crippen molar-refractivity contribution < 1.29 is 23.9 Å². The largest absolute Gasteiger partial charge is 0.466 e. The average molecular weight is 451 g/mol. The van der Waals surface area contributed by atoms with Crippen molar-refractivity contribution in [1.82, 2.24) is 0 Å². The summed E-state index contributed by atoms with van der Waals surface area (Å²) in [6, 6.07) is 6.97. The minimum absolute atomic E-state index is 0.200. The van der Waals surface area contributed by atoms with Crippen LogP contribution >= 0.6 is 15.9 Å². The van der Waals surface area contributed by atoms with E-state index in [2.05, 4.69) is 15.9 Å². The third kappa shape index (κ3) is 3.88. The first-order valence-corrected chi connectivity index (χ1v) is 10.9. The highest BCUT2D eigenvalue weighted by molar-refractivity contribution is 9.10. The van der Waals surface area contributed by atoms with Crippen molar-refractivity contribution in [3.8, 4) is 0 Å². The first-order chi connectivity index (χ1) is 13.4. The summed E-state index contributed by atoms with van der Waals surface area (Å²) in [5, 5.41) is 0. The molecule has 0 aliphatic heterocycles. The van der Waals surface area contributed by atoms with Gasteiger partial charge in [-0.1, -0.05) is 28.1 Å². The fourth-order valence-electron chi connectivity index (χ4n) is 4.95. The number of carbonyl (C=O) groups excluding carboxylic acids is 3. The number of ether oxygens (including phenoxy) is 2. The van der Waals surface area contributed by atoms with Crippen molar-refractivity contribution >= 4 is 33.7 Å². The summed E-state index contributed by atoms with van der Waals surface area (Å²) in [5.74, 6) is -1.99. The van der Waals surface area contributed by atoms with E-state index in [-0.39, 0.29) is 24.3 Å². The second-order valence-corrected chi connectivity index (χ2v) is 8.68. The summed E-state index contributed by atoms with van der Waals surface area (Å²) in [5.41, 5.74) is -0.311. The lowest BCUT2D eigenvalue weighted by Gasteiger charge is -2.51. The molecule has 1 aromatic rings. The Hall–Kier alpha value is -1.69. The molecule has 0 heterocycles. The highest BCUT2D eigenvalue weighted by Gasteiger charge is 2.58. The van der Waals surface area contributed by atoms with Gasteiger partial charge in [-0.2, -0.15) is 0 Å². The second kappa shape index (κ2) is 8.76. The average Bonchev–Trinajstić information content (AvgIpc) is 2.70. The monoisotopic (exact) mass is 450 g/mol. The van der Waals surface area contributed by atoms with Gasteiger partial charge >= 0.3 is 11.9 Å². The van der Waals surface area contributed by atoms with Crippen LogP contribution in [0.4, 0.5) is 0 Å². The number of carbonyl (C=O) groups is 3. The van der Waals surface area contributed by atoms with Crippen molar-refractivity contribution in [2.45, 2.75) is 46.0 Å². The zero-order chi connectivity index (χ0) is 20.3. The molecule has 3 aliphatic carbocycles. The molecule has 2 unspecified atom stereocenters. The van der Waals surface area contributed by atoms with Crippen molar-refractivity contribution in [2.75, 3.05) is 13.2 Å². The fourth-order valence-corrected chi connectivity index (χ4v) is 5.21. The van der Waals surface area contributed by atoms with Crippen LogP contribution in [0.15, 0.2) is 28.7 Å². The summed E-state index contributed by atoms with van der Waals surface area (Å²) in [6.45, 7) is 4.01. The maximum Gasteiger partial charge on any atom is 0.317 e. The summed E-state index contributed by atoms with van der Waals surface area (Å²) in [7, 11) is 0. The van der Waals surface area contributed by atoms with Crippen LogP contribution in [0.3, 0.4) is 0 Å². The topological polar surface area (TPSA) is 69.7 Å². The molecular weight excluding hydrogens is 424 g/mol. The van der Waals surface area contributed by atoms with Gasteiger partial charge in [0.25, 0.3) is 0 Å². The van der Waals surface area contributed by atoms with Gasteiger partial charge in [0.2, 0.25) is 0 Å². The van der Waals surface area contributed by atoms with E-state index in [0.29, 0.717) is 37.4 Å². The van der Waals surface area contributed by atoms with Crippen molar-refractivity contribution in [1.29, 1.82) is 0 Å². The van der Waals surface area contributed by atoms with Crippen LogP contribution in [-0.2, 0) is 19.1 Å². The predicted octanol–water partition coefficient (Wildman–Crippen LogP) is 4.57. The number of Topliss-reactive ketones (excluding diaryl/α,β-unsaturated/α-hetero) is 1. The van der Waals surface area contributed by atoms with Gasteiger partial charge in [-0.25, -0.2) is 0 Å². The van der Waals surface area contributed by atoms with Gasteiger partial charge in [-0.15, -0.1) is 0 Å². The lowest BCUT2D eigenvalue weighted by atomic mass is 9.51. The smallest absolute Gasteiger partial charge is 0.317 e. The van der Waals surface area contributed by atoms with Crippen LogP contribution in [0.1, 0.15) is 56.3 Å². The molecule has 1 aromatic carbocycles. The highest BCUT2D eigenvalue weighted by atomic mass is 79.9. The van der Waals surface area contributed by atoms with Crippen LogP contribution in [0.25, 0.3) is 0 Å². The van der Waals surface area contributed by atoms with Crippen LogP contribution in [0, 0.1) is 23.2 Å². The minimum Gasteiger partial charge on any atom is -0.466 e. The molecule has 0 amide bonds. The van der Waals surface area contributed by atoms with Crippen LogP contribution < -0.4 is 0 Å². The summed E-state index contributed by atoms with van der Waals surface area (Å²) in [6.07, 6.45) is 3.91. The Kier molecular flexibility index (Phi) is 6.58. The summed E-state index contributed by atoms with van der Waals surface area (Å²) < 4.78 is 11.6. The number of rotatable bonds is 7. The third-order valence-corrected chi connectivity index (χ3v) is 6.86. The molecule has 152 valence electrons. The van der Waals surface area contributed by atoms with Gasteiger partial charge in [-0.05, 0) is 69.9 Å². The van der Waals surface area contributed by atoms with Gasteiger partial charge in [0.15, 0.2) is 5.78 Å². The SMILES string of the molecule is CCOC(=O)C(C(=O)c1ccc(Br)cc1)C1CC2CCC1(C(=O)OCC)CC2. The number of hydrogen-bond donors (Lipinski definition) is 0. The molecule has 0 radical (unpaired) electrons. The molecule has 0 aromatic heterocycles. The Morgan fingerprint density at radius 2 is 1.68 bits per heavy atom. The van der Waals surface area contributed by atoms with Gasteiger partial charge in [0.1, 0.15) is 5.92 Å². The van der Waals surface area contributed by atoms with Gasteiger partial charge < -0.3 is 9.47 Å².